The molecule has 0 aromatic carbocycles. The summed E-state index contributed by atoms with van der Waals surface area (Å²) in [6.45, 7) is 18.5. The zero-order chi connectivity index (χ0) is 12.6. The summed E-state index contributed by atoms with van der Waals surface area (Å²) in [5.41, 5.74) is 0. The van der Waals surface area contributed by atoms with Gasteiger partial charge in [0.1, 0.15) is 0 Å². The first-order valence-corrected chi connectivity index (χ1v) is 5.93. The van der Waals surface area contributed by atoms with Crippen molar-refractivity contribution in [3.63, 3.8) is 0 Å². The molecule has 0 aromatic heterocycles. The zero-order valence-corrected chi connectivity index (χ0v) is 258. The van der Waals surface area contributed by atoms with E-state index in [2.05, 4.69) is 46.4 Å². The molecule has 0 amide bonds. The van der Waals surface area contributed by atoms with Crippen LogP contribution in [0.4, 0.5) is 0 Å². The minimum absolute atomic E-state index is 0. The molecule has 0 aliphatic heterocycles. The molecule has 73 heteroatoms. The molecule has 0 saturated heterocycles. The van der Waals surface area contributed by atoms with Crippen molar-refractivity contribution in [3.05, 3.63) is 11.7 Å². The molecule has 0 fully saturated rings. The number of nitrogens with zero attached hydrogens (tertiary/aromatic N) is 1. The molecular weight excluding hydrogens is 6600 g/mol. The minimum atomic E-state index is 0. The maximum atomic E-state index is 3.89. The molecule has 0 spiro atoms. The van der Waals surface area contributed by atoms with Gasteiger partial charge in [-0.2, -0.15) is 19.9 Å². The fourth-order valence-corrected chi connectivity index (χ4v) is 0. The fraction of sp³-hybridized carbons (Fsp3) is 0.933. The van der Waals surface area contributed by atoms with Crippen LogP contribution in [-0.4, -0.2) is 13.1 Å². The molecule has 0 saturated carbocycles. The third kappa shape index (κ3) is 643. The van der Waals surface area contributed by atoms with E-state index in [-0.39, 0.29) is 2370 Å². The molecule has 88 heavy (non-hydrogen) atoms. The summed E-state index contributed by atoms with van der Waals surface area (Å²) in [7, 11) is 1.82. The molecule has 0 heterocycles. The Hall–Kier alpha value is 79.4. The first kappa shape index (κ1) is 580. The van der Waals surface area contributed by atoms with E-state index in [1.54, 1.807) is 0 Å². The van der Waals surface area contributed by atoms with Crippen LogP contribution in [0.1, 0.15) is 77.2 Å². The van der Waals surface area contributed by atoms with Gasteiger partial charge in [0.05, 0.1) is 0 Å². The number of rotatable bonds is 2. The average Bonchev–Trinajstić information content (AvgIpc) is 2.24. The molecule has 1 nitrogen and oxygen atoms in total. The average molecular weight is 6640 g/mol. The van der Waals surface area contributed by atoms with Gasteiger partial charge in [0.15, 0.2) is 0 Å². The maximum Gasteiger partial charge on any atom is 0 e. The Balaban J connectivity index is -0.000000000157. The van der Waals surface area contributed by atoms with E-state index in [9.17, 15) is 0 Å². The van der Waals surface area contributed by atoms with Gasteiger partial charge >= 0.3 is 0 Å². The monoisotopic (exact) mass is 6640 g/mol. The van der Waals surface area contributed by atoms with E-state index in [1.165, 1.54) is 0 Å². The van der Waals surface area contributed by atoms with Crippen LogP contribution < -0.4 is 0 Å². The van der Waals surface area contributed by atoms with Crippen molar-refractivity contribution in [2.24, 2.45) is 5.92 Å². The van der Waals surface area contributed by atoms with E-state index >= 15 is 0 Å². The number of hydrogen-bond acceptors (Lipinski definition) is 0. The van der Waals surface area contributed by atoms with Crippen molar-refractivity contribution < 1.29 is 2360 Å². The molecule has 0 aliphatic carbocycles. The SMILES string of the molecule is C.C.CC.CC.C[CH-]C(C)C.C[N-]C(C)C.[Y].[Y].[Y].[Y].[Y].[Y].[Y].[Y].[Y].[Y].[Y].[Y].[Y].[Y].[Y].[Y].[Y].[Y].[Y].[Y].[Y].[Y].[Y].[Y].[Y].[Y].[Y].[Y].[Y].[Y].[Y].[Y].[Y].[Y].[Y].[Y].[Y].[Y].[Y].[Y].[Y].[Y].[Y].[Y].[Y].[Y].[Y].[Y].[Y].[Y].[Y].[Y].[Y].[Y].[Y].[Y].[Y].[Y].[Y].[Y].[Y].[Y].[Y].[Y].[Y].[Y].[Y].[Y].[Y].[Y].[Y].[Y]. The van der Waals surface area contributed by atoms with Crippen LogP contribution in [0.25, 0.3) is 5.32 Å². The summed E-state index contributed by atoms with van der Waals surface area (Å²) in [5, 5.41) is 3.89. The quantitative estimate of drug-likeness (QED) is 0.285. The van der Waals surface area contributed by atoms with Crippen molar-refractivity contribution in [2.45, 2.75) is 83.2 Å². The van der Waals surface area contributed by atoms with Crippen LogP contribution in [0.2, 0.25) is 0 Å². The molecule has 0 aliphatic rings. The van der Waals surface area contributed by atoms with Gasteiger partial charge in [0.25, 0.3) is 0 Å². The molecule has 0 N–H and O–H groups in total. The van der Waals surface area contributed by atoms with Crippen LogP contribution in [0.15, 0.2) is 0 Å². The topological polar surface area (TPSA) is 14.1 Å². The normalized spacial score (nSPS) is 1.23. The molecule has 0 rings (SSSR count). The summed E-state index contributed by atoms with van der Waals surface area (Å²) in [4.78, 5) is 0. The van der Waals surface area contributed by atoms with Gasteiger partial charge in [-0.25, -0.2) is 0 Å². The van der Waals surface area contributed by atoms with Gasteiger partial charge in [-0.3, -0.25) is 0 Å². The Kier molecular flexibility index (Phi) is 3930. The Morgan fingerprint density at radius 3 is 0.182 bits per heavy atom. The Morgan fingerprint density at radius 1 is 0.159 bits per heavy atom. The van der Waals surface area contributed by atoms with Crippen LogP contribution in [0.5, 0.6) is 0 Å². The predicted molar refractivity (Wildman–Crippen MR) is 85.4 cm³/mol. The van der Waals surface area contributed by atoms with Crippen LogP contribution in [0, 0.1) is 12.3 Å². The van der Waals surface area contributed by atoms with Gasteiger partial charge in [0, 0.05) is 2360 Å². The van der Waals surface area contributed by atoms with E-state index in [0.29, 0.717) is 6.04 Å². The Labute approximate surface area is 2370 Å². The first-order chi connectivity index (χ1) is 6.54. The minimum Gasteiger partial charge on any atom is -0.663 e. The fourth-order valence-electron chi connectivity index (χ4n) is 0. The van der Waals surface area contributed by atoms with Gasteiger partial charge in [0.2, 0.25) is 0 Å². The molecule has 72 radical (unpaired) electrons. The van der Waals surface area contributed by atoms with Gasteiger partial charge in [-0.1, -0.05) is 70.2 Å². The third-order valence-electron chi connectivity index (χ3n) is 1.18. The van der Waals surface area contributed by atoms with Crippen molar-refractivity contribution in [1.82, 2.24) is 0 Å². The summed E-state index contributed by atoms with van der Waals surface area (Å²) >= 11 is 0. The van der Waals surface area contributed by atoms with Gasteiger partial charge in [-0.05, 0) is 0 Å². The molecule has 0 atom stereocenters. The second-order valence-corrected chi connectivity index (χ2v) is 2.93. The summed E-state index contributed by atoms with van der Waals surface area (Å²) in [6, 6.07) is 0.509. The maximum absolute atomic E-state index is 3.89. The Bertz CT molecular complexity index is 102. The second-order valence-electron chi connectivity index (χ2n) is 2.93. The van der Waals surface area contributed by atoms with Crippen molar-refractivity contribution in [2.75, 3.05) is 7.05 Å². The van der Waals surface area contributed by atoms with E-state index in [1.807, 2.05) is 34.7 Å². The first-order valence-electron chi connectivity index (χ1n) is 5.93. The van der Waals surface area contributed by atoms with E-state index < -0.39 is 0 Å². The Morgan fingerprint density at radius 2 is 0.182 bits per heavy atom. The van der Waals surface area contributed by atoms with Gasteiger partial charge < -0.3 is 11.7 Å². The summed E-state index contributed by atoms with van der Waals surface area (Å²) in [5.74, 6) is 0.759. The van der Waals surface area contributed by atoms with E-state index in [4.69, 9.17) is 0 Å². The zero-order valence-electron chi connectivity index (χ0n) is 53.7. The smallest absolute Gasteiger partial charge is 0 e. The standard InChI is InChI=1S/C5H11.C4H10N.2C2H6.2CH4.72Y/c1-4-5(2)3;1-4(2)5-3;2*1-2;;;;;;;;;;;;;;;;;;;;;;;;;;;;;;;;;;;;;;;;;;;;;;;;;;;;;;;;;;;;;;;;;;;;;;;;;;/h4-5H,1-3H3;4H,1-3H3;2*1-2H3;2*1H4;;;;;;;;;;;;;;;;;;;;;;;;;;;;;;;;;;;;;;;;;;;;;;;;;;;;;;;;;;;;;;;;;;;;;;;;/q2*-1;;;;;;;;;;;;;;;;;;;;;;;;;;;;;;;;;;;;;;;;;;;;;;;;;;;;;;;;;;;;;;;;;;;;;;;;;;;;. The summed E-state index contributed by atoms with van der Waals surface area (Å²) < 4.78 is 0. The molecule has 324 valence electrons. The molecule has 0 aromatic rings. The van der Waals surface area contributed by atoms with E-state index in [0.717, 1.165) is 5.92 Å². The van der Waals surface area contributed by atoms with Crippen molar-refractivity contribution >= 4 is 0 Å². The largest absolute Gasteiger partial charge is 0.663 e. The number of hydrogen-bond donors (Lipinski definition) is 0. The van der Waals surface area contributed by atoms with Crippen LogP contribution >= 0.6 is 0 Å². The predicted octanol–water partition coefficient (Wildman–Crippen LogP) is 6.41. The third-order valence-corrected chi connectivity index (χ3v) is 1.18. The molecule has 0 bridgehead atoms. The van der Waals surface area contributed by atoms with Crippen LogP contribution in [-0.2, 0) is 2360 Å². The van der Waals surface area contributed by atoms with Crippen LogP contribution in [0.3, 0.4) is 0 Å². The summed E-state index contributed by atoms with van der Waals surface area (Å²) in [6.07, 6.45) is 2.17. The van der Waals surface area contributed by atoms with Gasteiger partial charge in [-0.15, -0.1) is 6.04 Å². The molecule has 0 unspecified atom stereocenters. The van der Waals surface area contributed by atoms with Crippen molar-refractivity contribution in [3.8, 4) is 0 Å². The van der Waals surface area contributed by atoms with Crippen molar-refractivity contribution in [1.29, 1.82) is 0 Å². The second kappa shape index (κ2) is 596. The molecular formula is C15H41NY72-2.